The van der Waals surface area contributed by atoms with Crippen molar-refractivity contribution in [3.8, 4) is 29.0 Å². The van der Waals surface area contributed by atoms with Crippen LogP contribution in [-0.4, -0.2) is 71.6 Å². The molecule has 272 valence electrons. The third kappa shape index (κ3) is 12.2. The molecule has 0 aliphatic rings. The van der Waals surface area contributed by atoms with Crippen molar-refractivity contribution in [1.82, 2.24) is 35.8 Å². The van der Waals surface area contributed by atoms with Gasteiger partial charge in [0.1, 0.15) is 23.2 Å². The van der Waals surface area contributed by atoms with Gasteiger partial charge in [0, 0.05) is 12.8 Å². The van der Waals surface area contributed by atoms with Crippen molar-refractivity contribution in [3.63, 3.8) is 0 Å². The zero-order valence-corrected chi connectivity index (χ0v) is 32.7. The Bertz CT molecular complexity index is 2040. The summed E-state index contributed by atoms with van der Waals surface area (Å²) in [6.45, 7) is 3.40. The Morgan fingerprint density at radius 2 is 1.46 bits per heavy atom. The Kier molecular flexibility index (Phi) is 18.1. The molecule has 0 saturated carbocycles. The van der Waals surface area contributed by atoms with Crippen molar-refractivity contribution in [2.24, 2.45) is 4.99 Å². The summed E-state index contributed by atoms with van der Waals surface area (Å²) in [6, 6.07) is 8.01. The van der Waals surface area contributed by atoms with E-state index in [1.807, 2.05) is 5.48 Å². The standard InChI is InChI=1S/C15H12BrFN4O5.C14H14BrFN4O4.Na.H2O/c1-8(22)3-2-6-24-14-12(18-26-20-14)13-19-25-15(23)21(13)9-4-5-11(17)10(16)7-9;1-8(21)3-2-6-23-14-12(19-24-20-14)13(18-22)17-9-4-5-11(16)10(15)7-9;;/h4-5,7H,2-3,6H2,1H3;4-5,7,22H,2-3,6H2,1H3,(H,17,18);;1H2/q;;+1;/p-1. The maximum atomic E-state index is 13.5. The van der Waals surface area contributed by atoms with E-state index in [0.717, 1.165) is 4.57 Å². The summed E-state index contributed by atoms with van der Waals surface area (Å²) >= 11 is 6.11. The maximum absolute atomic E-state index is 13.5. The molecule has 0 aliphatic carbocycles. The van der Waals surface area contributed by atoms with Gasteiger partial charge in [0.25, 0.3) is 11.8 Å². The molecule has 0 saturated heterocycles. The molecule has 0 aliphatic heterocycles. The van der Waals surface area contributed by atoms with Crippen LogP contribution in [0.15, 0.2) is 68.9 Å². The Morgan fingerprint density at radius 1 is 0.885 bits per heavy atom. The second kappa shape index (κ2) is 21.4. The molecule has 52 heavy (non-hydrogen) atoms. The number of hydrogen-bond donors (Lipinski definition) is 2. The minimum absolute atomic E-state index is 0. The van der Waals surface area contributed by atoms with Gasteiger partial charge in [-0.1, -0.05) is 5.16 Å². The number of hydroxylamine groups is 1. The van der Waals surface area contributed by atoms with E-state index in [1.165, 1.54) is 50.2 Å². The van der Waals surface area contributed by atoms with Crippen LogP contribution in [0.2, 0.25) is 0 Å². The molecule has 18 nitrogen and oxygen atoms in total. The first-order valence-corrected chi connectivity index (χ1v) is 15.9. The molecular formula is C29H27Br2F2N8NaO10. The number of carbonyl (C=O) groups excluding carboxylic acids is 2. The second-order valence-electron chi connectivity index (χ2n) is 10.0. The molecule has 0 spiro atoms. The minimum atomic E-state index is -0.802. The molecular weight excluding hydrogens is 841 g/mol. The van der Waals surface area contributed by atoms with Crippen LogP contribution in [0.25, 0.3) is 17.2 Å². The van der Waals surface area contributed by atoms with Gasteiger partial charge >= 0.3 is 35.3 Å². The molecule has 0 radical (unpaired) electrons. The SMILES string of the molecule is CC(=O)CCCOc1nonc1-c1noc(=O)n1-c1ccc(F)c(Br)c1.CC(=O)CCCOc1nonc1C(=Nc1ccc(F)c(Br)c1)NO.[Na+].[OH-]. The summed E-state index contributed by atoms with van der Waals surface area (Å²) in [5.41, 5.74) is 2.61. The third-order valence-corrected chi connectivity index (χ3v) is 7.41. The summed E-state index contributed by atoms with van der Waals surface area (Å²) in [4.78, 5) is 38.0. The fraction of sp³-hybridized carbons (Fsp3) is 0.276. The van der Waals surface area contributed by atoms with E-state index in [2.05, 4.69) is 71.9 Å². The number of hydrogen-bond acceptors (Lipinski definition) is 16. The molecule has 3 heterocycles. The summed E-state index contributed by atoms with van der Waals surface area (Å²) in [6.07, 6.45) is 1.73. The number of aliphatic imine (C=N–C) groups is 1. The average molecular weight is 868 g/mol. The van der Waals surface area contributed by atoms with Crippen molar-refractivity contribution in [2.75, 3.05) is 13.2 Å². The molecule has 0 bridgehead atoms. The normalized spacial score (nSPS) is 10.7. The van der Waals surface area contributed by atoms with Crippen LogP contribution in [0.3, 0.4) is 0 Å². The zero-order chi connectivity index (χ0) is 36.2. The molecule has 2 aromatic carbocycles. The Morgan fingerprint density at radius 3 is 2.06 bits per heavy atom. The minimum Gasteiger partial charge on any atom is -0.870 e. The van der Waals surface area contributed by atoms with Crippen molar-refractivity contribution in [1.29, 1.82) is 0 Å². The van der Waals surface area contributed by atoms with Gasteiger partial charge < -0.3 is 24.5 Å². The fourth-order valence-corrected chi connectivity index (χ4v) is 4.61. The molecule has 0 fully saturated rings. The zero-order valence-electron chi connectivity index (χ0n) is 27.5. The van der Waals surface area contributed by atoms with Crippen LogP contribution in [0.4, 0.5) is 14.5 Å². The Labute approximate surface area is 330 Å². The monoisotopic (exact) mass is 866 g/mol. The topological polar surface area (TPSA) is 253 Å². The second-order valence-corrected chi connectivity index (χ2v) is 11.7. The van der Waals surface area contributed by atoms with E-state index in [1.54, 1.807) is 0 Å². The summed E-state index contributed by atoms with van der Waals surface area (Å²) in [5.74, 6) is -1.73. The molecule has 5 aromatic rings. The number of carbonyl (C=O) groups is 2. The van der Waals surface area contributed by atoms with Gasteiger partial charge in [-0.2, -0.15) is 0 Å². The van der Waals surface area contributed by atoms with Gasteiger partial charge in [-0.3, -0.25) is 15.2 Å². The van der Waals surface area contributed by atoms with Gasteiger partial charge in [-0.15, -0.1) is 0 Å². The van der Waals surface area contributed by atoms with Crippen LogP contribution in [0.1, 0.15) is 45.2 Å². The first kappa shape index (κ1) is 44.0. The summed E-state index contributed by atoms with van der Waals surface area (Å²) in [5, 5.41) is 27.5. The average Bonchev–Trinajstić information content (AvgIpc) is 3.83. The largest absolute Gasteiger partial charge is 1.00 e. The number of ether oxygens (including phenoxy) is 2. The van der Waals surface area contributed by atoms with Crippen LogP contribution in [0, 0.1) is 11.6 Å². The molecule has 0 atom stereocenters. The number of amidine groups is 1. The Hall–Kier alpha value is -4.19. The van der Waals surface area contributed by atoms with Crippen LogP contribution < -0.4 is 50.3 Å². The van der Waals surface area contributed by atoms with E-state index >= 15 is 0 Å². The number of aromatic nitrogens is 6. The predicted octanol–water partition coefficient (Wildman–Crippen LogP) is 2.13. The molecule has 3 N–H and O–H groups in total. The van der Waals surface area contributed by atoms with E-state index in [4.69, 9.17) is 14.0 Å². The van der Waals surface area contributed by atoms with Gasteiger partial charge in [-0.25, -0.2) is 32.4 Å². The maximum Gasteiger partial charge on any atom is 1.00 e. The third-order valence-electron chi connectivity index (χ3n) is 6.19. The number of benzene rings is 2. The summed E-state index contributed by atoms with van der Waals surface area (Å²) < 4.78 is 52.9. The molecule has 3 aromatic heterocycles. The Balaban J connectivity index is 0.000000348. The van der Waals surface area contributed by atoms with Crippen molar-refractivity contribution < 1.29 is 81.9 Å². The van der Waals surface area contributed by atoms with Gasteiger partial charge in [0.05, 0.1) is 33.5 Å². The quantitative estimate of drug-likeness (QED) is 0.0533. The molecule has 5 rings (SSSR count). The first-order chi connectivity index (χ1) is 24.0. The molecule has 0 amide bonds. The van der Waals surface area contributed by atoms with Crippen molar-refractivity contribution in [2.45, 2.75) is 39.5 Å². The molecule has 0 unspecified atom stereocenters. The van der Waals surface area contributed by atoms with Crippen molar-refractivity contribution >= 4 is 54.9 Å². The van der Waals surface area contributed by atoms with Gasteiger partial charge in [0.15, 0.2) is 5.84 Å². The number of nitrogens with one attached hydrogen (secondary N) is 1. The van der Waals surface area contributed by atoms with E-state index in [-0.39, 0.29) is 104 Å². The van der Waals surface area contributed by atoms with E-state index in [9.17, 15) is 28.4 Å². The number of nitrogens with zero attached hydrogens (tertiary/aromatic N) is 7. The van der Waals surface area contributed by atoms with Gasteiger partial charge in [0.2, 0.25) is 17.2 Å². The first-order valence-electron chi connectivity index (χ1n) is 14.4. The van der Waals surface area contributed by atoms with Crippen LogP contribution in [-0.2, 0) is 9.59 Å². The number of halogens is 4. The predicted molar refractivity (Wildman–Crippen MR) is 175 cm³/mol. The smallest absolute Gasteiger partial charge is 0.870 e. The van der Waals surface area contributed by atoms with Crippen LogP contribution in [0.5, 0.6) is 11.8 Å². The number of Topliss-reactive ketones (excluding diaryl/α,β-unsaturated/α-hetero) is 2. The van der Waals surface area contributed by atoms with E-state index < -0.39 is 17.4 Å². The fourth-order valence-electron chi connectivity index (χ4n) is 3.88. The van der Waals surface area contributed by atoms with E-state index in [0.29, 0.717) is 37.1 Å². The van der Waals surface area contributed by atoms with Crippen LogP contribution >= 0.6 is 31.9 Å². The summed E-state index contributed by atoms with van der Waals surface area (Å²) in [7, 11) is 0. The molecule has 23 heteroatoms. The van der Waals surface area contributed by atoms with Gasteiger partial charge in [-0.05, 0) is 116 Å². The number of rotatable bonds is 14. The number of ketones is 2. The van der Waals surface area contributed by atoms with Crippen molar-refractivity contribution in [3.05, 3.63) is 73.2 Å².